The first-order valence-corrected chi connectivity index (χ1v) is 10.9. The summed E-state index contributed by atoms with van der Waals surface area (Å²) in [4.78, 5) is 25.1. The van der Waals surface area contributed by atoms with E-state index in [1.54, 1.807) is 6.26 Å². The van der Waals surface area contributed by atoms with Crippen LogP contribution in [-0.2, 0) is 19.5 Å². The van der Waals surface area contributed by atoms with Crippen molar-refractivity contribution in [1.29, 1.82) is 0 Å². The largest absolute Gasteiger partial charge is 0.461 e. The Hall–Kier alpha value is -2.70. The minimum absolute atomic E-state index is 0.0275. The smallest absolute Gasteiger partial charge is 0.254 e. The van der Waals surface area contributed by atoms with Crippen molar-refractivity contribution < 1.29 is 4.42 Å². The van der Waals surface area contributed by atoms with Crippen LogP contribution in [0.4, 0.5) is 0 Å². The zero-order valence-electron chi connectivity index (χ0n) is 17.2. The fraction of sp³-hybridized carbons (Fsp3) is 0.417. The van der Waals surface area contributed by atoms with E-state index in [1.807, 2.05) is 12.1 Å². The second kappa shape index (κ2) is 8.58. The molecule has 5 rings (SSSR count). The predicted molar refractivity (Wildman–Crippen MR) is 116 cm³/mol. The summed E-state index contributed by atoms with van der Waals surface area (Å²) in [6.45, 7) is 6.13. The highest BCUT2D eigenvalue weighted by molar-refractivity contribution is 5.46. The SMILES string of the molecule is O=c1[nH]c(-c2ccco2)nc2c1CCN(CC1CCN(Cc3ccccc3)CC1)C2. The Balaban J connectivity index is 1.19. The third-order valence-corrected chi connectivity index (χ3v) is 6.38. The number of piperidine rings is 1. The van der Waals surface area contributed by atoms with Crippen LogP contribution in [0.5, 0.6) is 0 Å². The Kier molecular flexibility index (Phi) is 5.51. The van der Waals surface area contributed by atoms with Crippen molar-refractivity contribution in [1.82, 2.24) is 19.8 Å². The van der Waals surface area contributed by atoms with Crippen molar-refractivity contribution in [2.75, 3.05) is 26.2 Å². The van der Waals surface area contributed by atoms with Gasteiger partial charge in [0, 0.05) is 31.7 Å². The standard InChI is InChI=1S/C24H28N4O2/c29-24-20-10-13-28(17-21(20)25-23(26-24)22-7-4-14-30-22)16-19-8-11-27(12-9-19)15-18-5-2-1-3-6-18/h1-7,14,19H,8-13,15-17H2,(H,25,26,29). The lowest BCUT2D eigenvalue weighted by molar-refractivity contribution is 0.131. The van der Waals surface area contributed by atoms with Gasteiger partial charge in [0.05, 0.1) is 12.0 Å². The van der Waals surface area contributed by atoms with Crippen LogP contribution in [0.25, 0.3) is 11.6 Å². The van der Waals surface area contributed by atoms with E-state index in [-0.39, 0.29) is 5.56 Å². The van der Waals surface area contributed by atoms with Crippen molar-refractivity contribution in [2.45, 2.75) is 32.4 Å². The van der Waals surface area contributed by atoms with E-state index in [4.69, 9.17) is 9.40 Å². The van der Waals surface area contributed by atoms with E-state index in [9.17, 15) is 4.79 Å². The van der Waals surface area contributed by atoms with Gasteiger partial charge < -0.3 is 9.40 Å². The van der Waals surface area contributed by atoms with Gasteiger partial charge in [-0.1, -0.05) is 30.3 Å². The van der Waals surface area contributed by atoms with Crippen LogP contribution < -0.4 is 5.56 Å². The number of nitrogens with zero attached hydrogens (tertiary/aromatic N) is 3. The summed E-state index contributed by atoms with van der Waals surface area (Å²) in [5, 5.41) is 0. The molecule has 1 aromatic carbocycles. The quantitative estimate of drug-likeness (QED) is 0.707. The van der Waals surface area contributed by atoms with Crippen LogP contribution in [-0.4, -0.2) is 45.9 Å². The molecule has 1 saturated heterocycles. The average molecular weight is 405 g/mol. The molecule has 4 heterocycles. The number of nitrogens with one attached hydrogen (secondary N) is 1. The molecule has 2 aromatic heterocycles. The van der Waals surface area contributed by atoms with E-state index >= 15 is 0 Å². The van der Waals surface area contributed by atoms with Gasteiger partial charge in [0.2, 0.25) is 0 Å². The maximum absolute atomic E-state index is 12.5. The Bertz CT molecular complexity index is 1020. The lowest BCUT2D eigenvalue weighted by Gasteiger charge is -2.36. The molecule has 0 atom stereocenters. The summed E-state index contributed by atoms with van der Waals surface area (Å²) in [7, 11) is 0. The average Bonchev–Trinajstić information content (AvgIpc) is 3.31. The summed E-state index contributed by atoms with van der Waals surface area (Å²) in [5.41, 5.74) is 3.10. The topological polar surface area (TPSA) is 65.4 Å². The van der Waals surface area contributed by atoms with Crippen molar-refractivity contribution in [3.8, 4) is 11.6 Å². The normalized spacial score (nSPS) is 18.4. The summed E-state index contributed by atoms with van der Waals surface area (Å²) < 4.78 is 5.42. The van der Waals surface area contributed by atoms with Gasteiger partial charge in [-0.3, -0.25) is 14.6 Å². The van der Waals surface area contributed by atoms with E-state index in [2.05, 4.69) is 45.1 Å². The Morgan fingerprint density at radius 1 is 1.03 bits per heavy atom. The molecular formula is C24H28N4O2. The van der Waals surface area contributed by atoms with Gasteiger partial charge in [-0.2, -0.15) is 0 Å². The van der Waals surface area contributed by atoms with E-state index in [0.29, 0.717) is 17.5 Å². The van der Waals surface area contributed by atoms with Crippen LogP contribution in [0.3, 0.4) is 0 Å². The van der Waals surface area contributed by atoms with Crippen molar-refractivity contribution >= 4 is 0 Å². The molecule has 0 unspecified atom stereocenters. The highest BCUT2D eigenvalue weighted by atomic mass is 16.3. The van der Waals surface area contributed by atoms with E-state index in [1.165, 1.54) is 18.4 Å². The molecule has 3 aromatic rings. The molecule has 0 radical (unpaired) electrons. The monoisotopic (exact) mass is 404 g/mol. The first-order chi connectivity index (χ1) is 14.7. The van der Waals surface area contributed by atoms with Crippen LogP contribution in [0.15, 0.2) is 57.9 Å². The summed E-state index contributed by atoms with van der Waals surface area (Å²) in [5.74, 6) is 1.85. The molecular weight excluding hydrogens is 376 g/mol. The van der Waals surface area contributed by atoms with Crippen molar-refractivity contribution in [2.24, 2.45) is 5.92 Å². The van der Waals surface area contributed by atoms with Gasteiger partial charge in [-0.05, 0) is 56.0 Å². The minimum Gasteiger partial charge on any atom is -0.461 e. The predicted octanol–water partition coefficient (Wildman–Crippen LogP) is 3.30. The first-order valence-electron chi connectivity index (χ1n) is 10.9. The third kappa shape index (κ3) is 4.25. The van der Waals surface area contributed by atoms with Crippen LogP contribution in [0.2, 0.25) is 0 Å². The molecule has 0 spiro atoms. The van der Waals surface area contributed by atoms with Gasteiger partial charge in [0.15, 0.2) is 11.6 Å². The Morgan fingerprint density at radius 3 is 2.63 bits per heavy atom. The number of rotatable bonds is 5. The van der Waals surface area contributed by atoms with Crippen LogP contribution in [0.1, 0.15) is 29.7 Å². The molecule has 2 aliphatic rings. The molecule has 0 saturated carbocycles. The van der Waals surface area contributed by atoms with Crippen LogP contribution >= 0.6 is 0 Å². The molecule has 30 heavy (non-hydrogen) atoms. The molecule has 6 heteroatoms. The second-order valence-electron chi connectivity index (χ2n) is 8.51. The highest BCUT2D eigenvalue weighted by Crippen LogP contribution is 2.24. The lowest BCUT2D eigenvalue weighted by Crippen LogP contribution is -2.41. The molecule has 0 bridgehead atoms. The van der Waals surface area contributed by atoms with Crippen molar-refractivity contribution in [3.05, 3.63) is 75.9 Å². The fourth-order valence-corrected chi connectivity index (χ4v) is 4.71. The maximum Gasteiger partial charge on any atom is 0.254 e. The van der Waals surface area contributed by atoms with Crippen molar-refractivity contribution in [3.63, 3.8) is 0 Å². The Labute approximate surface area is 176 Å². The number of aromatic nitrogens is 2. The molecule has 1 N–H and O–H groups in total. The van der Waals surface area contributed by atoms with Crippen LogP contribution in [0, 0.1) is 5.92 Å². The molecule has 6 nitrogen and oxygen atoms in total. The number of fused-ring (bicyclic) bond motifs is 1. The highest BCUT2D eigenvalue weighted by Gasteiger charge is 2.26. The van der Waals surface area contributed by atoms with E-state index in [0.717, 1.165) is 56.9 Å². The number of furan rings is 1. The van der Waals surface area contributed by atoms with Gasteiger partial charge >= 0.3 is 0 Å². The molecule has 1 fully saturated rings. The van der Waals surface area contributed by atoms with E-state index < -0.39 is 0 Å². The Morgan fingerprint density at radius 2 is 1.87 bits per heavy atom. The molecule has 0 aliphatic carbocycles. The van der Waals surface area contributed by atoms with Gasteiger partial charge in [0.1, 0.15) is 0 Å². The number of likely N-dealkylation sites (tertiary alicyclic amines) is 1. The fourth-order valence-electron chi connectivity index (χ4n) is 4.71. The number of hydrogen-bond acceptors (Lipinski definition) is 5. The summed E-state index contributed by atoms with van der Waals surface area (Å²) >= 11 is 0. The number of H-pyrrole nitrogens is 1. The summed E-state index contributed by atoms with van der Waals surface area (Å²) in [6.07, 6.45) is 4.83. The molecule has 2 aliphatic heterocycles. The third-order valence-electron chi connectivity index (χ3n) is 6.38. The molecule has 156 valence electrons. The lowest BCUT2D eigenvalue weighted by atomic mass is 9.94. The number of benzene rings is 1. The number of hydrogen-bond donors (Lipinski definition) is 1. The van der Waals surface area contributed by atoms with Gasteiger partial charge in [-0.15, -0.1) is 0 Å². The number of aromatic amines is 1. The minimum atomic E-state index is -0.0275. The summed E-state index contributed by atoms with van der Waals surface area (Å²) in [6, 6.07) is 14.4. The van der Waals surface area contributed by atoms with Gasteiger partial charge in [0.25, 0.3) is 5.56 Å². The van der Waals surface area contributed by atoms with Gasteiger partial charge in [-0.25, -0.2) is 4.98 Å². The second-order valence-corrected chi connectivity index (χ2v) is 8.51. The zero-order chi connectivity index (χ0) is 20.3. The first kappa shape index (κ1) is 19.3. The maximum atomic E-state index is 12.5. The zero-order valence-corrected chi connectivity index (χ0v) is 17.2. The molecule has 0 amide bonds.